The van der Waals surface area contributed by atoms with Crippen LogP contribution in [0.5, 0.6) is 11.5 Å². The van der Waals surface area contributed by atoms with Gasteiger partial charge in [0.05, 0.1) is 18.9 Å². The van der Waals surface area contributed by atoms with E-state index in [-0.39, 0.29) is 24.0 Å². The molecule has 23 heavy (non-hydrogen) atoms. The lowest BCUT2D eigenvalue weighted by Gasteiger charge is -2.14. The van der Waals surface area contributed by atoms with Gasteiger partial charge in [-0.05, 0) is 50.7 Å². The van der Waals surface area contributed by atoms with Crippen molar-refractivity contribution in [2.75, 3.05) is 25.1 Å². The predicted molar refractivity (Wildman–Crippen MR) is 106 cm³/mol. The van der Waals surface area contributed by atoms with Gasteiger partial charge in [-0.3, -0.25) is 4.99 Å². The second kappa shape index (κ2) is 9.20. The van der Waals surface area contributed by atoms with Gasteiger partial charge in [0.1, 0.15) is 11.5 Å². The molecular formula is C17H28IN3O2. The van der Waals surface area contributed by atoms with Gasteiger partial charge in [0, 0.05) is 12.6 Å². The highest BCUT2D eigenvalue weighted by Gasteiger charge is 2.40. The van der Waals surface area contributed by atoms with E-state index in [0.29, 0.717) is 24.6 Å². The molecule has 0 atom stereocenters. The van der Waals surface area contributed by atoms with Crippen LogP contribution >= 0.6 is 24.0 Å². The first-order chi connectivity index (χ1) is 10.6. The minimum Gasteiger partial charge on any atom is -0.494 e. The number of anilines is 1. The van der Waals surface area contributed by atoms with Crippen molar-refractivity contribution in [1.82, 2.24) is 0 Å². The molecule has 2 rings (SSSR count). The standard InChI is InChI=1S/C17H27N3O2.HI/c1-4-17(9-10-17)12-19-16(18)20-14-11-13(21-5-2)7-8-15(14)22-6-3;/h7-8,11H,4-6,9-10,12H2,1-3H3,(H3,18,19,20);1H. The summed E-state index contributed by atoms with van der Waals surface area (Å²) in [6.45, 7) is 8.13. The first-order valence-electron chi connectivity index (χ1n) is 8.09. The maximum Gasteiger partial charge on any atom is 0.193 e. The fourth-order valence-electron chi connectivity index (χ4n) is 2.38. The molecule has 1 fully saturated rings. The Bertz CT molecular complexity index is 531. The van der Waals surface area contributed by atoms with Gasteiger partial charge >= 0.3 is 0 Å². The van der Waals surface area contributed by atoms with Crippen LogP contribution in [0.2, 0.25) is 0 Å². The summed E-state index contributed by atoms with van der Waals surface area (Å²) >= 11 is 0. The first-order valence-corrected chi connectivity index (χ1v) is 8.09. The molecular weight excluding hydrogens is 405 g/mol. The molecule has 5 nitrogen and oxygen atoms in total. The molecule has 1 aliphatic carbocycles. The van der Waals surface area contributed by atoms with Crippen LogP contribution in [-0.4, -0.2) is 25.7 Å². The average Bonchev–Trinajstić information content (AvgIpc) is 3.29. The molecule has 0 amide bonds. The molecule has 1 aliphatic rings. The number of nitrogens with zero attached hydrogens (tertiary/aromatic N) is 1. The van der Waals surface area contributed by atoms with E-state index in [1.54, 1.807) is 0 Å². The molecule has 0 bridgehead atoms. The molecule has 3 N–H and O–H groups in total. The minimum absolute atomic E-state index is 0. The molecule has 0 spiro atoms. The van der Waals surface area contributed by atoms with Crippen molar-refractivity contribution in [3.05, 3.63) is 18.2 Å². The summed E-state index contributed by atoms with van der Waals surface area (Å²) in [6, 6.07) is 5.67. The molecule has 0 saturated heterocycles. The number of rotatable bonds is 8. The molecule has 0 heterocycles. The molecule has 6 heteroatoms. The van der Waals surface area contributed by atoms with Crippen molar-refractivity contribution < 1.29 is 9.47 Å². The van der Waals surface area contributed by atoms with E-state index in [1.807, 2.05) is 32.0 Å². The first kappa shape index (κ1) is 19.9. The zero-order valence-corrected chi connectivity index (χ0v) is 16.6. The lowest BCUT2D eigenvalue weighted by molar-refractivity contribution is 0.332. The van der Waals surface area contributed by atoms with Gasteiger partial charge in [-0.2, -0.15) is 0 Å². The summed E-state index contributed by atoms with van der Waals surface area (Å²) in [4.78, 5) is 4.49. The highest BCUT2D eigenvalue weighted by molar-refractivity contribution is 14.0. The molecule has 0 radical (unpaired) electrons. The Balaban J connectivity index is 0.00000264. The lowest BCUT2D eigenvalue weighted by atomic mass is 10.1. The Kier molecular flexibility index (Phi) is 7.94. The SMILES string of the molecule is CCOc1ccc(OCC)c(NC(N)=NCC2(CC)CC2)c1.I. The molecule has 1 saturated carbocycles. The van der Waals surface area contributed by atoms with Gasteiger partial charge in [0.25, 0.3) is 0 Å². The number of hydrogen-bond acceptors (Lipinski definition) is 3. The number of nitrogens with one attached hydrogen (secondary N) is 1. The van der Waals surface area contributed by atoms with Crippen molar-refractivity contribution >= 4 is 35.6 Å². The lowest BCUT2D eigenvalue weighted by Crippen LogP contribution is -2.24. The largest absolute Gasteiger partial charge is 0.494 e. The van der Waals surface area contributed by atoms with Crippen molar-refractivity contribution in [2.24, 2.45) is 16.1 Å². The fraction of sp³-hybridized carbons (Fsp3) is 0.588. The van der Waals surface area contributed by atoms with Gasteiger partial charge in [-0.1, -0.05) is 6.92 Å². The summed E-state index contributed by atoms with van der Waals surface area (Å²) in [7, 11) is 0. The van der Waals surface area contributed by atoms with Crippen LogP contribution < -0.4 is 20.5 Å². The monoisotopic (exact) mass is 433 g/mol. The Hall–Kier alpha value is -1.18. The molecule has 0 aromatic heterocycles. The quantitative estimate of drug-likeness (QED) is 0.369. The Morgan fingerprint density at radius 2 is 1.91 bits per heavy atom. The van der Waals surface area contributed by atoms with E-state index < -0.39 is 0 Å². The number of aliphatic imine (C=N–C) groups is 1. The van der Waals surface area contributed by atoms with E-state index in [4.69, 9.17) is 15.2 Å². The summed E-state index contributed by atoms with van der Waals surface area (Å²) in [5, 5.41) is 3.14. The zero-order chi connectivity index (χ0) is 16.0. The molecule has 0 unspecified atom stereocenters. The Morgan fingerprint density at radius 3 is 2.48 bits per heavy atom. The normalized spacial score (nSPS) is 15.5. The maximum atomic E-state index is 6.03. The fourth-order valence-corrected chi connectivity index (χ4v) is 2.38. The zero-order valence-electron chi connectivity index (χ0n) is 14.2. The Labute approximate surface area is 156 Å². The van der Waals surface area contributed by atoms with Crippen LogP contribution in [0.1, 0.15) is 40.0 Å². The minimum atomic E-state index is 0. The second-order valence-electron chi connectivity index (χ2n) is 5.70. The number of halogens is 1. The van der Waals surface area contributed by atoms with Crippen molar-refractivity contribution in [3.63, 3.8) is 0 Å². The third kappa shape index (κ3) is 5.75. The van der Waals surface area contributed by atoms with Crippen LogP contribution in [0.4, 0.5) is 5.69 Å². The predicted octanol–water partition coefficient (Wildman–Crippen LogP) is 4.02. The van der Waals surface area contributed by atoms with E-state index >= 15 is 0 Å². The maximum absolute atomic E-state index is 6.03. The van der Waals surface area contributed by atoms with E-state index in [9.17, 15) is 0 Å². The van der Waals surface area contributed by atoms with Crippen molar-refractivity contribution in [1.29, 1.82) is 0 Å². The van der Waals surface area contributed by atoms with Crippen LogP contribution in [-0.2, 0) is 0 Å². The topological polar surface area (TPSA) is 68.9 Å². The van der Waals surface area contributed by atoms with Crippen LogP contribution in [0.25, 0.3) is 0 Å². The van der Waals surface area contributed by atoms with Crippen LogP contribution in [0.15, 0.2) is 23.2 Å². The number of guanidine groups is 1. The van der Waals surface area contributed by atoms with E-state index in [1.165, 1.54) is 12.8 Å². The molecule has 0 aliphatic heterocycles. The molecule has 1 aromatic carbocycles. The van der Waals surface area contributed by atoms with Crippen LogP contribution in [0.3, 0.4) is 0 Å². The van der Waals surface area contributed by atoms with E-state index in [2.05, 4.69) is 17.2 Å². The summed E-state index contributed by atoms with van der Waals surface area (Å²) < 4.78 is 11.1. The highest BCUT2D eigenvalue weighted by Crippen LogP contribution is 2.48. The van der Waals surface area contributed by atoms with Gasteiger partial charge in [0.2, 0.25) is 0 Å². The second-order valence-corrected chi connectivity index (χ2v) is 5.70. The molecule has 130 valence electrons. The Morgan fingerprint density at radius 1 is 1.22 bits per heavy atom. The third-order valence-electron chi connectivity index (χ3n) is 4.12. The van der Waals surface area contributed by atoms with E-state index in [0.717, 1.165) is 30.2 Å². The summed E-state index contributed by atoms with van der Waals surface area (Å²) in [5.41, 5.74) is 7.21. The number of hydrogen-bond donors (Lipinski definition) is 2. The number of benzene rings is 1. The van der Waals surface area contributed by atoms with Gasteiger partial charge in [-0.15, -0.1) is 24.0 Å². The summed E-state index contributed by atoms with van der Waals surface area (Å²) in [6.07, 6.45) is 3.67. The highest BCUT2D eigenvalue weighted by atomic mass is 127. The average molecular weight is 433 g/mol. The number of nitrogens with two attached hydrogens (primary N) is 1. The van der Waals surface area contributed by atoms with Gasteiger partial charge < -0.3 is 20.5 Å². The third-order valence-corrected chi connectivity index (χ3v) is 4.12. The smallest absolute Gasteiger partial charge is 0.193 e. The number of ether oxygens (including phenoxy) is 2. The van der Waals surface area contributed by atoms with Gasteiger partial charge in [0.15, 0.2) is 5.96 Å². The van der Waals surface area contributed by atoms with Crippen molar-refractivity contribution in [2.45, 2.75) is 40.0 Å². The molecule has 1 aromatic rings. The summed E-state index contributed by atoms with van der Waals surface area (Å²) in [5.74, 6) is 1.96. The van der Waals surface area contributed by atoms with Crippen LogP contribution in [0, 0.1) is 5.41 Å². The van der Waals surface area contributed by atoms with Gasteiger partial charge in [-0.25, -0.2) is 0 Å². The van der Waals surface area contributed by atoms with Crippen molar-refractivity contribution in [3.8, 4) is 11.5 Å².